The molecule has 0 saturated carbocycles. The Morgan fingerprint density at radius 1 is 0.818 bits per heavy atom. The van der Waals surface area contributed by atoms with E-state index in [0.717, 1.165) is 16.4 Å². The molecule has 0 aliphatic heterocycles. The maximum atomic E-state index is 12.8. The Kier molecular flexibility index (Phi) is 13.5. The fourth-order valence-electron chi connectivity index (χ4n) is 3.29. The van der Waals surface area contributed by atoms with Crippen LogP contribution in [0.4, 0.5) is 5.69 Å². The van der Waals surface area contributed by atoms with E-state index in [0.29, 0.717) is 23.4 Å². The van der Waals surface area contributed by atoms with Crippen molar-refractivity contribution in [3.8, 4) is 0 Å². The summed E-state index contributed by atoms with van der Waals surface area (Å²) in [6, 6.07) is 13.2. The molecule has 2 aromatic carbocycles. The Morgan fingerprint density at radius 2 is 1.52 bits per heavy atom. The van der Waals surface area contributed by atoms with Gasteiger partial charge in [-0.2, -0.15) is 11.8 Å². The molecule has 180 valence electrons. The summed E-state index contributed by atoms with van der Waals surface area (Å²) in [4.78, 5) is 27.4. The van der Waals surface area contributed by atoms with Gasteiger partial charge in [-0.1, -0.05) is 39.0 Å². The van der Waals surface area contributed by atoms with Gasteiger partial charge in [0, 0.05) is 33.2 Å². The van der Waals surface area contributed by atoms with Crippen LogP contribution in [0.3, 0.4) is 0 Å². The Labute approximate surface area is 211 Å². The molecule has 0 aromatic heterocycles. The third-order valence-corrected chi connectivity index (χ3v) is 7.69. The molecule has 0 radical (unpaired) electrons. The van der Waals surface area contributed by atoms with Crippen molar-refractivity contribution in [1.82, 2.24) is 5.32 Å². The second-order valence-corrected chi connectivity index (χ2v) is 10.8. The molecule has 2 N–H and O–H groups in total. The number of anilines is 1. The van der Waals surface area contributed by atoms with E-state index in [4.69, 9.17) is 0 Å². The fourth-order valence-corrected chi connectivity index (χ4v) is 5.04. The molecular weight excluding hydrogens is 468 g/mol. The van der Waals surface area contributed by atoms with Gasteiger partial charge in [-0.05, 0) is 67.1 Å². The summed E-state index contributed by atoms with van der Waals surface area (Å²) in [5.41, 5.74) is 1.82. The van der Waals surface area contributed by atoms with Gasteiger partial charge in [0.25, 0.3) is 11.8 Å². The summed E-state index contributed by atoms with van der Waals surface area (Å²) in [6.07, 6.45) is 11.8. The van der Waals surface area contributed by atoms with Gasteiger partial charge in [-0.25, -0.2) is 0 Å². The van der Waals surface area contributed by atoms with Crippen molar-refractivity contribution in [2.75, 3.05) is 35.9 Å². The van der Waals surface area contributed by atoms with Gasteiger partial charge in [-0.15, -0.1) is 23.5 Å². The summed E-state index contributed by atoms with van der Waals surface area (Å²) in [5, 5.41) is 5.89. The molecule has 0 aliphatic rings. The van der Waals surface area contributed by atoms with Crippen molar-refractivity contribution in [3.05, 3.63) is 53.6 Å². The van der Waals surface area contributed by atoms with Crippen molar-refractivity contribution in [1.29, 1.82) is 0 Å². The van der Waals surface area contributed by atoms with E-state index in [1.165, 1.54) is 43.4 Å². The van der Waals surface area contributed by atoms with Crippen LogP contribution in [-0.4, -0.2) is 42.4 Å². The lowest BCUT2D eigenvalue weighted by Crippen LogP contribution is -2.25. The minimum Gasteiger partial charge on any atom is -0.351 e. The van der Waals surface area contributed by atoms with Gasteiger partial charge in [-0.3, -0.25) is 9.59 Å². The van der Waals surface area contributed by atoms with Crippen molar-refractivity contribution in [2.45, 2.75) is 55.2 Å². The molecule has 0 unspecified atom stereocenters. The minimum atomic E-state index is -0.169. The van der Waals surface area contributed by atoms with E-state index < -0.39 is 0 Å². The smallest absolute Gasteiger partial charge is 0.255 e. The van der Waals surface area contributed by atoms with E-state index in [1.807, 2.05) is 54.6 Å². The number of carbonyl (C=O) groups excluding carboxylic acids is 2. The first-order chi connectivity index (χ1) is 16.1. The molecule has 0 saturated heterocycles. The van der Waals surface area contributed by atoms with Crippen molar-refractivity contribution in [3.63, 3.8) is 0 Å². The van der Waals surface area contributed by atoms with Crippen LogP contribution in [-0.2, 0) is 0 Å². The van der Waals surface area contributed by atoms with Gasteiger partial charge in [0.2, 0.25) is 0 Å². The SMILES string of the molecule is CCCCCCCCSc1ccc(C(=O)Nc2cc(C(=O)NCCSC)ccc2SC)cc1. The predicted molar refractivity (Wildman–Crippen MR) is 147 cm³/mol. The highest BCUT2D eigenvalue weighted by molar-refractivity contribution is 7.99. The Morgan fingerprint density at radius 3 is 2.21 bits per heavy atom. The molecule has 0 aliphatic carbocycles. The molecule has 0 fully saturated rings. The third-order valence-electron chi connectivity index (χ3n) is 5.18. The summed E-state index contributed by atoms with van der Waals surface area (Å²) in [5.74, 6) is 1.68. The maximum absolute atomic E-state index is 12.8. The van der Waals surface area contributed by atoms with Gasteiger partial charge in [0.1, 0.15) is 0 Å². The zero-order valence-electron chi connectivity index (χ0n) is 19.9. The third kappa shape index (κ3) is 10.1. The molecule has 0 heterocycles. The van der Waals surface area contributed by atoms with Crippen molar-refractivity contribution >= 4 is 52.8 Å². The van der Waals surface area contributed by atoms with Crippen LogP contribution >= 0.6 is 35.3 Å². The van der Waals surface area contributed by atoms with E-state index in [9.17, 15) is 9.59 Å². The van der Waals surface area contributed by atoms with Crippen LogP contribution in [0.25, 0.3) is 0 Å². The summed E-state index contributed by atoms with van der Waals surface area (Å²) in [7, 11) is 0. The summed E-state index contributed by atoms with van der Waals surface area (Å²) in [6.45, 7) is 2.86. The second kappa shape index (κ2) is 16.1. The first-order valence-corrected chi connectivity index (χ1v) is 15.2. The molecule has 33 heavy (non-hydrogen) atoms. The number of carbonyl (C=O) groups is 2. The average Bonchev–Trinajstić information content (AvgIpc) is 2.84. The number of nitrogens with one attached hydrogen (secondary N) is 2. The zero-order valence-corrected chi connectivity index (χ0v) is 22.4. The van der Waals surface area contributed by atoms with Gasteiger partial charge < -0.3 is 10.6 Å². The zero-order chi connectivity index (χ0) is 23.9. The van der Waals surface area contributed by atoms with Crippen LogP contribution in [0, 0.1) is 0 Å². The highest BCUT2D eigenvalue weighted by Gasteiger charge is 2.13. The standard InChI is InChI=1S/C26H36N2O2S3/c1-4-5-6-7-8-9-17-33-22-13-10-20(11-14-22)26(30)28-23-19-21(12-15-24(23)32-3)25(29)27-16-18-31-2/h10-15,19H,4-9,16-18H2,1-3H3,(H,27,29)(H,28,30). The molecule has 2 aromatic rings. The minimum absolute atomic E-state index is 0.126. The largest absolute Gasteiger partial charge is 0.351 e. The highest BCUT2D eigenvalue weighted by Crippen LogP contribution is 2.27. The van der Waals surface area contributed by atoms with Crippen molar-refractivity contribution < 1.29 is 9.59 Å². The fraction of sp³-hybridized carbons (Fsp3) is 0.462. The monoisotopic (exact) mass is 504 g/mol. The lowest BCUT2D eigenvalue weighted by molar-refractivity contribution is 0.0954. The number of hydrogen-bond donors (Lipinski definition) is 2. The first-order valence-electron chi connectivity index (χ1n) is 11.6. The van der Waals surface area contributed by atoms with Crippen molar-refractivity contribution in [2.24, 2.45) is 0 Å². The number of unbranched alkanes of at least 4 members (excludes halogenated alkanes) is 5. The van der Waals surface area contributed by atoms with Crippen LogP contribution in [0.5, 0.6) is 0 Å². The molecule has 2 amide bonds. The molecule has 0 bridgehead atoms. The van der Waals surface area contributed by atoms with Crippen LogP contribution < -0.4 is 10.6 Å². The maximum Gasteiger partial charge on any atom is 0.255 e. The van der Waals surface area contributed by atoms with Crippen LogP contribution in [0.15, 0.2) is 52.3 Å². The van der Waals surface area contributed by atoms with E-state index in [2.05, 4.69) is 17.6 Å². The van der Waals surface area contributed by atoms with Crippen LogP contribution in [0.2, 0.25) is 0 Å². The lowest BCUT2D eigenvalue weighted by Gasteiger charge is -2.12. The number of benzene rings is 2. The van der Waals surface area contributed by atoms with Gasteiger partial charge >= 0.3 is 0 Å². The Balaban J connectivity index is 1.91. The summed E-state index contributed by atoms with van der Waals surface area (Å²) >= 11 is 5.07. The average molecular weight is 505 g/mol. The molecule has 0 atom stereocenters. The molecule has 0 spiro atoms. The van der Waals surface area contributed by atoms with Gasteiger partial charge in [0.15, 0.2) is 0 Å². The number of rotatable bonds is 15. The normalized spacial score (nSPS) is 10.8. The molecule has 4 nitrogen and oxygen atoms in total. The second-order valence-electron chi connectivity index (χ2n) is 7.76. The first kappa shape index (κ1) is 27.7. The highest BCUT2D eigenvalue weighted by atomic mass is 32.2. The van der Waals surface area contributed by atoms with E-state index >= 15 is 0 Å². The summed E-state index contributed by atoms with van der Waals surface area (Å²) < 4.78 is 0. The molecule has 7 heteroatoms. The number of thioether (sulfide) groups is 3. The number of hydrogen-bond acceptors (Lipinski definition) is 5. The molecule has 2 rings (SSSR count). The number of amides is 2. The van der Waals surface area contributed by atoms with Gasteiger partial charge in [0.05, 0.1) is 5.69 Å². The quantitative estimate of drug-likeness (QED) is 0.198. The predicted octanol–water partition coefficient (Wildman–Crippen LogP) is 7.21. The van der Waals surface area contributed by atoms with E-state index in [1.54, 1.807) is 35.7 Å². The van der Waals surface area contributed by atoms with Crippen LogP contribution in [0.1, 0.15) is 66.2 Å². The Hall–Kier alpha value is -1.57. The molecular formula is C26H36N2O2S3. The lowest BCUT2D eigenvalue weighted by atomic mass is 10.1. The Bertz CT molecular complexity index is 872. The topological polar surface area (TPSA) is 58.2 Å². The van der Waals surface area contributed by atoms with E-state index in [-0.39, 0.29) is 11.8 Å².